The highest BCUT2D eigenvalue weighted by Gasteiger charge is 2.18. The maximum absolute atomic E-state index is 13.2. The molecule has 1 heterocycles. The number of amides is 1. The van der Waals surface area contributed by atoms with Crippen LogP contribution in [0.2, 0.25) is 0 Å². The quantitative estimate of drug-likeness (QED) is 0.716. The van der Waals surface area contributed by atoms with Gasteiger partial charge in [0.25, 0.3) is 5.91 Å². The van der Waals surface area contributed by atoms with Crippen LogP contribution in [-0.4, -0.2) is 12.5 Å². The zero-order chi connectivity index (χ0) is 18.4. The molecule has 0 saturated heterocycles. The normalized spacial score (nSPS) is 11.4. The maximum Gasteiger partial charge on any atom is 0.258 e. The summed E-state index contributed by atoms with van der Waals surface area (Å²) >= 11 is 1.51. The number of carbonyl (C=O) groups is 1. The van der Waals surface area contributed by atoms with Crippen molar-refractivity contribution >= 4 is 17.2 Å². The monoisotopic (exact) mass is 366 g/mol. The Hall–Kier alpha value is -3.17. The molecule has 0 bridgehead atoms. The van der Waals surface area contributed by atoms with Crippen LogP contribution in [0.4, 0.5) is 4.39 Å². The second kappa shape index (κ2) is 8.28. The van der Waals surface area contributed by atoms with Crippen LogP contribution in [0.1, 0.15) is 22.0 Å². The van der Waals surface area contributed by atoms with E-state index in [0.29, 0.717) is 11.3 Å². The fourth-order valence-corrected chi connectivity index (χ4v) is 3.21. The van der Waals surface area contributed by atoms with Gasteiger partial charge in [-0.25, -0.2) is 4.39 Å². The molecular formula is C20H15FN2O2S. The maximum atomic E-state index is 13.2. The number of nitriles is 1. The number of halogens is 1. The first-order valence-electron chi connectivity index (χ1n) is 7.87. The Bertz CT molecular complexity index is 900. The Labute approximate surface area is 154 Å². The van der Waals surface area contributed by atoms with E-state index in [1.54, 1.807) is 36.4 Å². The minimum atomic E-state index is -0.368. The van der Waals surface area contributed by atoms with E-state index < -0.39 is 0 Å². The first-order chi connectivity index (χ1) is 12.7. The van der Waals surface area contributed by atoms with E-state index in [0.717, 1.165) is 10.4 Å². The third-order valence-electron chi connectivity index (χ3n) is 3.69. The Morgan fingerprint density at radius 3 is 2.50 bits per heavy atom. The van der Waals surface area contributed by atoms with Gasteiger partial charge in [0.2, 0.25) is 0 Å². The van der Waals surface area contributed by atoms with Crippen LogP contribution < -0.4 is 10.1 Å². The number of nitrogens with one attached hydrogen (secondary N) is 1. The Balaban J connectivity index is 1.67. The number of nitrogens with zero attached hydrogens (tertiary/aromatic N) is 1. The summed E-state index contributed by atoms with van der Waals surface area (Å²) in [5.74, 6) is -0.111. The third kappa shape index (κ3) is 4.47. The molecule has 0 unspecified atom stereocenters. The number of hydrogen-bond acceptors (Lipinski definition) is 4. The van der Waals surface area contributed by atoms with Gasteiger partial charge in [0, 0.05) is 4.88 Å². The summed E-state index contributed by atoms with van der Waals surface area (Å²) < 4.78 is 18.7. The van der Waals surface area contributed by atoms with Gasteiger partial charge in [-0.1, -0.05) is 18.2 Å². The van der Waals surface area contributed by atoms with Gasteiger partial charge in [0.1, 0.15) is 11.6 Å². The summed E-state index contributed by atoms with van der Waals surface area (Å²) in [6, 6.07) is 18.1. The average molecular weight is 366 g/mol. The second-order valence-corrected chi connectivity index (χ2v) is 6.47. The molecule has 2 aromatic carbocycles. The molecule has 0 aliphatic carbocycles. The standard InChI is InChI=1S/C20H15FN2O2S/c21-16-7-5-15(6-8-16)20(18-2-1-11-26-18)23-19(24)13-25-17-9-3-14(12-22)4-10-17/h1-11,20H,13H2,(H,23,24)/t20-/m0/s1. The molecule has 1 atom stereocenters. The fourth-order valence-electron chi connectivity index (χ4n) is 2.41. The first-order valence-corrected chi connectivity index (χ1v) is 8.75. The predicted molar refractivity (Wildman–Crippen MR) is 97.4 cm³/mol. The zero-order valence-corrected chi connectivity index (χ0v) is 14.5. The van der Waals surface area contributed by atoms with Gasteiger partial charge >= 0.3 is 0 Å². The van der Waals surface area contributed by atoms with Crippen molar-refractivity contribution in [3.05, 3.63) is 87.9 Å². The molecule has 0 aliphatic rings. The SMILES string of the molecule is N#Cc1ccc(OCC(=O)N[C@@H](c2ccc(F)cc2)c2cccs2)cc1. The van der Waals surface area contributed by atoms with Crippen molar-refractivity contribution in [2.45, 2.75) is 6.04 Å². The van der Waals surface area contributed by atoms with Crippen molar-refractivity contribution in [1.29, 1.82) is 5.26 Å². The van der Waals surface area contributed by atoms with Gasteiger partial charge in [0.15, 0.2) is 6.61 Å². The first kappa shape index (κ1) is 17.6. The van der Waals surface area contributed by atoms with Gasteiger partial charge in [-0.3, -0.25) is 4.79 Å². The number of benzene rings is 2. The van der Waals surface area contributed by atoms with Crippen LogP contribution >= 0.6 is 11.3 Å². The largest absolute Gasteiger partial charge is 0.484 e. The highest BCUT2D eigenvalue weighted by Crippen LogP contribution is 2.26. The van der Waals surface area contributed by atoms with E-state index in [1.807, 2.05) is 23.6 Å². The fraction of sp³-hybridized carbons (Fsp3) is 0.100. The van der Waals surface area contributed by atoms with Gasteiger partial charge in [-0.15, -0.1) is 11.3 Å². The zero-order valence-electron chi connectivity index (χ0n) is 13.7. The topological polar surface area (TPSA) is 62.1 Å². The van der Waals surface area contributed by atoms with Gasteiger partial charge < -0.3 is 10.1 Å². The van der Waals surface area contributed by atoms with Crippen molar-refractivity contribution in [1.82, 2.24) is 5.32 Å². The molecule has 3 aromatic rings. The van der Waals surface area contributed by atoms with E-state index in [-0.39, 0.29) is 24.4 Å². The molecule has 0 fully saturated rings. The van der Waals surface area contributed by atoms with Crippen molar-refractivity contribution in [3.8, 4) is 11.8 Å². The van der Waals surface area contributed by atoms with E-state index in [4.69, 9.17) is 10.00 Å². The lowest BCUT2D eigenvalue weighted by Gasteiger charge is -2.18. The lowest BCUT2D eigenvalue weighted by Crippen LogP contribution is -2.32. The number of rotatable bonds is 6. The average Bonchev–Trinajstić information content (AvgIpc) is 3.20. The van der Waals surface area contributed by atoms with E-state index >= 15 is 0 Å². The van der Waals surface area contributed by atoms with E-state index in [1.165, 1.54) is 23.5 Å². The summed E-state index contributed by atoms with van der Waals surface area (Å²) in [7, 11) is 0. The van der Waals surface area contributed by atoms with Crippen LogP contribution in [0.15, 0.2) is 66.0 Å². The van der Waals surface area contributed by atoms with Gasteiger partial charge in [-0.2, -0.15) is 5.26 Å². The number of carbonyl (C=O) groups excluding carboxylic acids is 1. The van der Waals surface area contributed by atoms with Crippen LogP contribution in [-0.2, 0) is 4.79 Å². The Morgan fingerprint density at radius 2 is 1.88 bits per heavy atom. The number of thiophene rings is 1. The number of ether oxygens (including phenoxy) is 1. The molecule has 6 heteroatoms. The summed E-state index contributed by atoms with van der Waals surface area (Å²) in [6.45, 7) is -0.158. The van der Waals surface area contributed by atoms with Crippen molar-refractivity contribution < 1.29 is 13.9 Å². The molecule has 130 valence electrons. The van der Waals surface area contributed by atoms with Gasteiger partial charge in [-0.05, 0) is 53.4 Å². The summed E-state index contributed by atoms with van der Waals surface area (Å²) in [6.07, 6.45) is 0. The molecule has 1 N–H and O–H groups in total. The van der Waals surface area contributed by atoms with E-state index in [2.05, 4.69) is 5.32 Å². The highest BCUT2D eigenvalue weighted by atomic mass is 32.1. The predicted octanol–water partition coefficient (Wildman–Crippen LogP) is 4.04. The molecule has 1 amide bonds. The molecule has 0 spiro atoms. The molecule has 26 heavy (non-hydrogen) atoms. The number of hydrogen-bond donors (Lipinski definition) is 1. The summed E-state index contributed by atoms with van der Waals surface area (Å²) in [4.78, 5) is 13.3. The molecular weight excluding hydrogens is 351 g/mol. The van der Waals surface area contributed by atoms with Crippen LogP contribution in [0.25, 0.3) is 0 Å². The van der Waals surface area contributed by atoms with Crippen LogP contribution in [0.3, 0.4) is 0 Å². The van der Waals surface area contributed by atoms with Crippen LogP contribution in [0.5, 0.6) is 5.75 Å². The van der Waals surface area contributed by atoms with Gasteiger partial charge in [0.05, 0.1) is 17.7 Å². The Kier molecular flexibility index (Phi) is 5.62. The molecule has 0 aliphatic heterocycles. The van der Waals surface area contributed by atoms with E-state index in [9.17, 15) is 9.18 Å². The molecule has 0 radical (unpaired) electrons. The smallest absolute Gasteiger partial charge is 0.258 e. The third-order valence-corrected chi connectivity index (χ3v) is 4.63. The van der Waals surface area contributed by atoms with Crippen molar-refractivity contribution in [2.24, 2.45) is 0 Å². The highest BCUT2D eigenvalue weighted by molar-refractivity contribution is 7.10. The van der Waals surface area contributed by atoms with Crippen molar-refractivity contribution in [2.75, 3.05) is 6.61 Å². The van der Waals surface area contributed by atoms with Crippen molar-refractivity contribution in [3.63, 3.8) is 0 Å². The van der Waals surface area contributed by atoms with Crippen LogP contribution in [0, 0.1) is 17.1 Å². The lowest BCUT2D eigenvalue weighted by atomic mass is 10.1. The molecule has 1 aromatic heterocycles. The summed E-state index contributed by atoms with van der Waals surface area (Å²) in [5, 5.41) is 13.6. The minimum Gasteiger partial charge on any atom is -0.484 e. The second-order valence-electron chi connectivity index (χ2n) is 5.49. The molecule has 0 saturated carbocycles. The Morgan fingerprint density at radius 1 is 1.15 bits per heavy atom. The minimum absolute atomic E-state index is 0.158. The lowest BCUT2D eigenvalue weighted by molar-refractivity contribution is -0.123. The molecule has 4 nitrogen and oxygen atoms in total. The summed E-state index contributed by atoms with van der Waals surface area (Å²) in [5.41, 5.74) is 1.32. The molecule has 3 rings (SSSR count).